The monoisotopic (exact) mass is 309 g/mol. The number of rotatable bonds is 4. The van der Waals surface area contributed by atoms with Crippen LogP contribution in [0.2, 0.25) is 0 Å². The third-order valence-corrected chi connectivity index (χ3v) is 3.42. The van der Waals surface area contributed by atoms with Gasteiger partial charge in [0.25, 0.3) is 0 Å². The third kappa shape index (κ3) is 2.67. The highest BCUT2D eigenvalue weighted by Gasteiger charge is 2.53. The Hall–Kier alpha value is -2.41. The summed E-state index contributed by atoms with van der Waals surface area (Å²) >= 11 is 0. The molecule has 0 saturated heterocycles. The van der Waals surface area contributed by atoms with Crippen molar-refractivity contribution in [1.29, 1.82) is 5.41 Å². The van der Waals surface area contributed by atoms with Gasteiger partial charge in [0.1, 0.15) is 5.82 Å². The fourth-order valence-corrected chi connectivity index (χ4v) is 1.96. The molecule has 1 aromatic carbocycles. The SMILES string of the molecule is CC(O)(c1ccc(-c2ccc(F)cn2)cc1)C(F)(F)C(=N)N. The smallest absolute Gasteiger partial charge is 0.335 e. The summed E-state index contributed by atoms with van der Waals surface area (Å²) in [6.45, 7) is 0.888. The molecule has 2 rings (SSSR count). The van der Waals surface area contributed by atoms with E-state index in [0.29, 0.717) is 11.3 Å². The van der Waals surface area contributed by atoms with Crippen LogP contribution in [0.4, 0.5) is 13.2 Å². The molecule has 0 aliphatic rings. The van der Waals surface area contributed by atoms with Crippen LogP contribution >= 0.6 is 0 Å². The maximum atomic E-state index is 13.8. The van der Waals surface area contributed by atoms with Crippen LogP contribution in [0.1, 0.15) is 12.5 Å². The van der Waals surface area contributed by atoms with Crippen LogP contribution in [0.15, 0.2) is 42.6 Å². The van der Waals surface area contributed by atoms with Gasteiger partial charge in [-0.2, -0.15) is 8.78 Å². The summed E-state index contributed by atoms with van der Waals surface area (Å²) < 4.78 is 40.5. The van der Waals surface area contributed by atoms with Gasteiger partial charge in [-0.15, -0.1) is 0 Å². The molecule has 22 heavy (non-hydrogen) atoms. The largest absolute Gasteiger partial charge is 0.382 e. The summed E-state index contributed by atoms with van der Waals surface area (Å²) in [5.74, 6) is -5.80. The third-order valence-electron chi connectivity index (χ3n) is 3.42. The van der Waals surface area contributed by atoms with E-state index in [9.17, 15) is 18.3 Å². The van der Waals surface area contributed by atoms with Crippen LogP contribution < -0.4 is 5.73 Å². The van der Waals surface area contributed by atoms with E-state index in [1.165, 1.54) is 36.4 Å². The summed E-state index contributed by atoms with van der Waals surface area (Å²) in [5, 5.41) is 17.0. The highest BCUT2D eigenvalue weighted by molar-refractivity contribution is 5.86. The minimum Gasteiger partial charge on any atom is -0.382 e. The average molecular weight is 309 g/mol. The number of pyridine rings is 1. The molecule has 0 bridgehead atoms. The van der Waals surface area contributed by atoms with Gasteiger partial charge in [-0.1, -0.05) is 24.3 Å². The zero-order chi connectivity index (χ0) is 16.5. The molecule has 7 heteroatoms. The Balaban J connectivity index is 2.36. The zero-order valence-corrected chi connectivity index (χ0v) is 11.6. The van der Waals surface area contributed by atoms with Gasteiger partial charge in [0.15, 0.2) is 11.4 Å². The number of amidine groups is 1. The normalized spacial score (nSPS) is 14.4. The Morgan fingerprint density at radius 3 is 2.23 bits per heavy atom. The molecule has 0 aliphatic heterocycles. The molecule has 0 radical (unpaired) electrons. The van der Waals surface area contributed by atoms with E-state index in [2.05, 4.69) is 4.98 Å². The second-order valence-corrected chi connectivity index (χ2v) is 5.00. The molecule has 1 heterocycles. The predicted molar refractivity (Wildman–Crippen MR) is 76.1 cm³/mol. The summed E-state index contributed by atoms with van der Waals surface area (Å²) in [6.07, 6.45) is 1.04. The van der Waals surface area contributed by atoms with Crippen molar-refractivity contribution < 1.29 is 18.3 Å². The van der Waals surface area contributed by atoms with Gasteiger partial charge >= 0.3 is 5.92 Å². The van der Waals surface area contributed by atoms with Gasteiger partial charge in [-0.3, -0.25) is 10.4 Å². The highest BCUT2D eigenvalue weighted by atomic mass is 19.3. The second kappa shape index (κ2) is 5.42. The lowest BCUT2D eigenvalue weighted by Crippen LogP contribution is -2.51. The number of nitrogens with two attached hydrogens (primary N) is 1. The van der Waals surface area contributed by atoms with Gasteiger partial charge in [-0.05, 0) is 24.6 Å². The minimum absolute atomic E-state index is 0.0986. The minimum atomic E-state index is -3.90. The van der Waals surface area contributed by atoms with Crippen LogP contribution in [0.25, 0.3) is 11.3 Å². The molecule has 0 aliphatic carbocycles. The molecule has 2 aromatic rings. The number of halogens is 3. The van der Waals surface area contributed by atoms with Crippen molar-refractivity contribution >= 4 is 5.84 Å². The van der Waals surface area contributed by atoms with Crippen molar-refractivity contribution in [2.24, 2.45) is 5.73 Å². The number of hydrogen-bond acceptors (Lipinski definition) is 3. The van der Waals surface area contributed by atoms with Crippen molar-refractivity contribution in [3.63, 3.8) is 0 Å². The van der Waals surface area contributed by atoms with E-state index >= 15 is 0 Å². The van der Waals surface area contributed by atoms with Crippen LogP contribution in [0, 0.1) is 11.2 Å². The van der Waals surface area contributed by atoms with E-state index in [4.69, 9.17) is 11.1 Å². The molecule has 116 valence electrons. The first kappa shape index (κ1) is 16.0. The molecule has 1 unspecified atom stereocenters. The van der Waals surface area contributed by atoms with Crippen molar-refractivity contribution in [2.75, 3.05) is 0 Å². The topological polar surface area (TPSA) is 83.0 Å². The van der Waals surface area contributed by atoms with Gasteiger partial charge in [0.05, 0.1) is 11.9 Å². The lowest BCUT2D eigenvalue weighted by atomic mass is 9.88. The molecule has 1 atom stereocenters. The number of hydrogen-bond donors (Lipinski definition) is 3. The summed E-state index contributed by atoms with van der Waals surface area (Å²) in [6, 6.07) is 8.21. The molecule has 1 aromatic heterocycles. The van der Waals surface area contributed by atoms with Crippen LogP contribution in [-0.2, 0) is 5.60 Å². The van der Waals surface area contributed by atoms with E-state index < -0.39 is 23.2 Å². The molecular weight excluding hydrogens is 295 g/mol. The predicted octanol–water partition coefficient (Wildman–Crippen LogP) is 2.67. The summed E-state index contributed by atoms with van der Waals surface area (Å²) in [5.41, 5.74) is 3.18. The molecule has 0 saturated carbocycles. The molecule has 0 spiro atoms. The van der Waals surface area contributed by atoms with E-state index in [0.717, 1.165) is 13.1 Å². The number of benzene rings is 1. The fraction of sp³-hybridized carbons (Fsp3) is 0.200. The number of alkyl halides is 2. The standard InChI is InChI=1S/C15H14F3N3O/c1-14(22,15(17,18)13(19)20)10-4-2-9(3-5-10)12-7-6-11(16)8-21-12/h2-8,22H,1H3,(H3,19,20). The van der Waals surface area contributed by atoms with Crippen molar-refractivity contribution in [3.8, 4) is 11.3 Å². The van der Waals surface area contributed by atoms with Crippen LogP contribution in [0.3, 0.4) is 0 Å². The Kier molecular flexibility index (Phi) is 3.93. The molecule has 0 amide bonds. The molecule has 0 fully saturated rings. The van der Waals surface area contributed by atoms with Crippen LogP contribution in [0.5, 0.6) is 0 Å². The van der Waals surface area contributed by atoms with E-state index in [1.807, 2.05) is 0 Å². The van der Waals surface area contributed by atoms with Gasteiger partial charge < -0.3 is 10.8 Å². The van der Waals surface area contributed by atoms with Gasteiger partial charge in [0, 0.05) is 5.56 Å². The molecule has 4 N–H and O–H groups in total. The fourth-order valence-electron chi connectivity index (χ4n) is 1.96. The average Bonchev–Trinajstić information content (AvgIpc) is 2.48. The van der Waals surface area contributed by atoms with Crippen molar-refractivity contribution in [2.45, 2.75) is 18.4 Å². The number of nitrogens with zero attached hydrogens (tertiary/aromatic N) is 1. The summed E-state index contributed by atoms with van der Waals surface area (Å²) in [4.78, 5) is 3.88. The number of nitrogens with one attached hydrogen (secondary N) is 1. The molecule has 4 nitrogen and oxygen atoms in total. The Bertz CT molecular complexity index is 682. The van der Waals surface area contributed by atoms with Crippen molar-refractivity contribution in [3.05, 3.63) is 54.0 Å². The van der Waals surface area contributed by atoms with Crippen molar-refractivity contribution in [1.82, 2.24) is 4.98 Å². The van der Waals surface area contributed by atoms with Gasteiger partial charge in [-0.25, -0.2) is 4.39 Å². The quantitative estimate of drug-likeness (QED) is 0.600. The number of aliphatic hydroxyl groups is 1. The first-order valence-electron chi connectivity index (χ1n) is 6.33. The van der Waals surface area contributed by atoms with E-state index in [1.54, 1.807) is 0 Å². The second-order valence-electron chi connectivity index (χ2n) is 5.00. The maximum absolute atomic E-state index is 13.8. The van der Waals surface area contributed by atoms with Crippen LogP contribution in [-0.4, -0.2) is 21.8 Å². The lowest BCUT2D eigenvalue weighted by Gasteiger charge is -2.32. The Morgan fingerprint density at radius 1 is 1.18 bits per heavy atom. The Labute approximate surface area is 124 Å². The highest BCUT2D eigenvalue weighted by Crippen LogP contribution is 2.37. The first-order valence-corrected chi connectivity index (χ1v) is 6.33. The number of aromatic nitrogens is 1. The Morgan fingerprint density at radius 2 is 1.77 bits per heavy atom. The van der Waals surface area contributed by atoms with Gasteiger partial charge in [0.2, 0.25) is 0 Å². The summed E-state index contributed by atoms with van der Waals surface area (Å²) in [7, 11) is 0. The first-order chi connectivity index (χ1) is 10.2. The zero-order valence-electron chi connectivity index (χ0n) is 11.6. The lowest BCUT2D eigenvalue weighted by molar-refractivity contribution is -0.131. The van der Waals surface area contributed by atoms with E-state index in [-0.39, 0.29) is 5.56 Å². The molecular formula is C15H14F3N3O. The maximum Gasteiger partial charge on any atom is 0.335 e.